The lowest BCUT2D eigenvalue weighted by Crippen LogP contribution is -2.12. The van der Waals surface area contributed by atoms with Gasteiger partial charge < -0.3 is 18.5 Å². The SMILES string of the molecule is CCOP(=O)(Cc1csc(NC(=O)c2cc(OCc3nnnn3C)cc(Oc3ccc(S(C)(=O)=O)cc3)c2)n1)OCC. The molecule has 0 aliphatic heterocycles. The van der Waals surface area contributed by atoms with Gasteiger partial charge in [0.25, 0.3) is 5.91 Å². The lowest BCUT2D eigenvalue weighted by molar-refractivity contribution is 0.102. The van der Waals surface area contributed by atoms with Gasteiger partial charge >= 0.3 is 7.60 Å². The summed E-state index contributed by atoms with van der Waals surface area (Å²) >= 11 is 1.16. The monoisotopic (exact) mass is 636 g/mol. The number of hydrogen-bond acceptors (Lipinski definition) is 13. The molecule has 0 unspecified atom stereocenters. The Kier molecular flexibility index (Phi) is 10.1. The van der Waals surface area contributed by atoms with E-state index in [2.05, 4.69) is 25.8 Å². The highest BCUT2D eigenvalue weighted by atomic mass is 32.2. The fourth-order valence-electron chi connectivity index (χ4n) is 3.58. The first-order valence-corrected chi connectivity index (χ1v) is 17.1. The van der Waals surface area contributed by atoms with Crippen LogP contribution in [-0.4, -0.2) is 59.0 Å². The molecule has 14 nitrogen and oxygen atoms in total. The number of ether oxygens (including phenoxy) is 2. The molecule has 224 valence electrons. The number of sulfone groups is 1. The van der Waals surface area contributed by atoms with Crippen LogP contribution in [0.4, 0.5) is 5.13 Å². The van der Waals surface area contributed by atoms with Crippen molar-refractivity contribution in [2.24, 2.45) is 7.05 Å². The third-order valence-electron chi connectivity index (χ3n) is 5.49. The number of benzene rings is 2. The molecule has 0 radical (unpaired) electrons. The summed E-state index contributed by atoms with van der Waals surface area (Å²) in [5, 5.41) is 15.9. The maximum Gasteiger partial charge on any atom is 0.336 e. The van der Waals surface area contributed by atoms with Crippen LogP contribution in [0, 0.1) is 0 Å². The highest BCUT2D eigenvalue weighted by Gasteiger charge is 2.26. The van der Waals surface area contributed by atoms with E-state index in [4.69, 9.17) is 18.5 Å². The van der Waals surface area contributed by atoms with Gasteiger partial charge in [0.15, 0.2) is 20.8 Å². The Labute approximate surface area is 246 Å². The van der Waals surface area contributed by atoms with Crippen LogP contribution in [0.3, 0.4) is 0 Å². The van der Waals surface area contributed by atoms with Gasteiger partial charge in [0, 0.05) is 30.3 Å². The fraction of sp³-hybridized carbons (Fsp3) is 0.320. The Bertz CT molecular complexity index is 1680. The minimum atomic E-state index is -3.38. The minimum absolute atomic E-state index is 0.0205. The van der Waals surface area contributed by atoms with Gasteiger partial charge in [-0.25, -0.2) is 18.1 Å². The topological polar surface area (TPSA) is 174 Å². The Balaban J connectivity index is 1.55. The third-order valence-corrected chi connectivity index (χ3v) is 9.43. The predicted molar refractivity (Wildman–Crippen MR) is 154 cm³/mol. The fourth-order valence-corrected chi connectivity index (χ4v) is 6.64. The van der Waals surface area contributed by atoms with Crippen molar-refractivity contribution < 1.29 is 36.3 Å². The largest absolute Gasteiger partial charge is 0.485 e. The first-order valence-electron chi connectivity index (χ1n) is 12.6. The van der Waals surface area contributed by atoms with E-state index in [1.807, 2.05) is 0 Å². The molecule has 17 heteroatoms. The van der Waals surface area contributed by atoms with Crippen molar-refractivity contribution >= 4 is 39.8 Å². The van der Waals surface area contributed by atoms with E-state index in [-0.39, 0.29) is 47.3 Å². The number of aryl methyl sites for hydroxylation is 1. The molecule has 1 N–H and O–H groups in total. The molecular formula is C25H29N6O8PS2. The Morgan fingerprint density at radius 3 is 2.36 bits per heavy atom. The van der Waals surface area contributed by atoms with E-state index in [9.17, 15) is 17.8 Å². The second-order valence-corrected chi connectivity index (χ2v) is 13.7. The lowest BCUT2D eigenvalue weighted by Gasteiger charge is -2.15. The third kappa shape index (κ3) is 8.42. The number of nitrogens with one attached hydrogen (secondary N) is 1. The Morgan fingerprint density at radius 2 is 1.74 bits per heavy atom. The summed E-state index contributed by atoms with van der Waals surface area (Å²) in [6, 6.07) is 10.5. The summed E-state index contributed by atoms with van der Waals surface area (Å²) in [5.74, 6) is 0.853. The number of tetrazole rings is 1. The van der Waals surface area contributed by atoms with E-state index in [0.29, 0.717) is 23.0 Å². The van der Waals surface area contributed by atoms with E-state index >= 15 is 0 Å². The van der Waals surface area contributed by atoms with Gasteiger partial charge in [0.05, 0.1) is 30.0 Å². The molecule has 0 aliphatic carbocycles. The number of carbonyl (C=O) groups excluding carboxylic acids is 1. The van der Waals surface area contributed by atoms with E-state index in [1.165, 1.54) is 41.1 Å². The van der Waals surface area contributed by atoms with Gasteiger partial charge in [-0.1, -0.05) is 0 Å². The predicted octanol–water partition coefficient (Wildman–Crippen LogP) is 4.46. The standard InChI is InChI=1S/C25H29N6O8PS2/c1-5-37-40(33,38-6-2)15-18-16-41-25(26-18)27-24(32)17-11-20(36-14-23-28-29-30-31(23)3)13-21(12-17)39-19-7-9-22(10-8-19)42(4,34)35/h7-13,16H,5-6,14-15H2,1-4H3,(H,26,27,32). The molecule has 0 fully saturated rings. The van der Waals surface area contributed by atoms with Crippen LogP contribution >= 0.6 is 18.9 Å². The number of amides is 1. The van der Waals surface area contributed by atoms with Gasteiger partial charge in [-0.3, -0.25) is 14.7 Å². The highest BCUT2D eigenvalue weighted by Crippen LogP contribution is 2.51. The number of rotatable bonds is 14. The number of anilines is 1. The summed E-state index contributed by atoms with van der Waals surface area (Å²) in [6.07, 6.45) is 1.08. The van der Waals surface area contributed by atoms with Crippen molar-refractivity contribution in [2.75, 3.05) is 24.8 Å². The summed E-state index contributed by atoms with van der Waals surface area (Å²) in [4.78, 5) is 17.8. The number of thiazole rings is 1. The summed E-state index contributed by atoms with van der Waals surface area (Å²) in [7, 11) is -5.07. The van der Waals surface area contributed by atoms with Crippen molar-refractivity contribution in [3.05, 3.63) is 64.9 Å². The highest BCUT2D eigenvalue weighted by molar-refractivity contribution is 7.90. The van der Waals surface area contributed by atoms with Crippen molar-refractivity contribution in [2.45, 2.75) is 31.5 Å². The molecule has 0 saturated carbocycles. The molecule has 0 aliphatic rings. The average molecular weight is 637 g/mol. The molecule has 2 aromatic carbocycles. The quantitative estimate of drug-likeness (QED) is 0.193. The van der Waals surface area contributed by atoms with E-state index < -0.39 is 23.3 Å². The molecular weight excluding hydrogens is 607 g/mol. The molecule has 0 saturated heterocycles. The molecule has 2 heterocycles. The van der Waals surface area contributed by atoms with Crippen LogP contribution in [0.1, 0.15) is 35.7 Å². The number of aromatic nitrogens is 5. The van der Waals surface area contributed by atoms with Gasteiger partial charge in [-0.2, -0.15) is 0 Å². The van der Waals surface area contributed by atoms with Crippen LogP contribution < -0.4 is 14.8 Å². The first-order chi connectivity index (χ1) is 20.0. The molecule has 1 amide bonds. The Morgan fingerprint density at radius 1 is 1.05 bits per heavy atom. The smallest absolute Gasteiger partial charge is 0.336 e. The van der Waals surface area contributed by atoms with Crippen LogP contribution in [0.15, 0.2) is 52.7 Å². The summed E-state index contributed by atoms with van der Waals surface area (Å²) in [5.41, 5.74) is 0.647. The molecule has 0 spiro atoms. The molecule has 2 aromatic heterocycles. The molecule has 4 aromatic rings. The normalized spacial score (nSPS) is 11.8. The zero-order valence-corrected chi connectivity index (χ0v) is 25.7. The van der Waals surface area contributed by atoms with Gasteiger partial charge in [-0.15, -0.1) is 16.4 Å². The van der Waals surface area contributed by atoms with Gasteiger partial charge in [-0.05, 0) is 60.7 Å². The second kappa shape index (κ2) is 13.5. The molecule has 4 rings (SSSR count). The first kappa shape index (κ1) is 31.3. The number of carbonyl (C=O) groups is 1. The van der Waals surface area contributed by atoms with Crippen LogP contribution in [-0.2, 0) is 43.3 Å². The van der Waals surface area contributed by atoms with Gasteiger partial charge in [0.1, 0.15) is 23.9 Å². The van der Waals surface area contributed by atoms with Crippen molar-refractivity contribution in [1.82, 2.24) is 25.2 Å². The summed E-state index contributed by atoms with van der Waals surface area (Å²) < 4.78 is 60.3. The maximum atomic E-state index is 13.2. The molecule has 0 atom stereocenters. The summed E-state index contributed by atoms with van der Waals surface area (Å²) in [6.45, 7) is 3.92. The second-order valence-electron chi connectivity index (χ2n) is 8.75. The van der Waals surface area contributed by atoms with E-state index in [0.717, 1.165) is 17.6 Å². The molecule has 42 heavy (non-hydrogen) atoms. The number of nitrogens with zero attached hydrogens (tertiary/aromatic N) is 5. The minimum Gasteiger partial charge on any atom is -0.485 e. The van der Waals surface area contributed by atoms with Gasteiger partial charge in [0.2, 0.25) is 0 Å². The lowest BCUT2D eigenvalue weighted by atomic mass is 10.2. The van der Waals surface area contributed by atoms with Crippen molar-refractivity contribution in [3.63, 3.8) is 0 Å². The average Bonchev–Trinajstić information content (AvgIpc) is 3.55. The van der Waals surface area contributed by atoms with Crippen LogP contribution in [0.25, 0.3) is 0 Å². The molecule has 0 bridgehead atoms. The number of hydrogen-bond donors (Lipinski definition) is 1. The van der Waals surface area contributed by atoms with Crippen LogP contribution in [0.2, 0.25) is 0 Å². The van der Waals surface area contributed by atoms with Crippen LogP contribution in [0.5, 0.6) is 17.2 Å². The zero-order valence-electron chi connectivity index (χ0n) is 23.2. The van der Waals surface area contributed by atoms with Crippen molar-refractivity contribution in [1.29, 1.82) is 0 Å². The maximum absolute atomic E-state index is 13.2. The van der Waals surface area contributed by atoms with E-state index in [1.54, 1.807) is 32.3 Å². The Hall–Kier alpha value is -3.69. The zero-order chi connectivity index (χ0) is 30.3. The van der Waals surface area contributed by atoms with Crippen molar-refractivity contribution in [3.8, 4) is 17.2 Å².